The third-order valence-electron chi connectivity index (χ3n) is 1.36. The fraction of sp³-hybridized carbons (Fsp3) is 0.143. The van der Waals surface area contributed by atoms with Gasteiger partial charge in [0, 0.05) is 0 Å². The van der Waals surface area contributed by atoms with Crippen LogP contribution in [0.15, 0.2) is 10.7 Å². The van der Waals surface area contributed by atoms with E-state index in [9.17, 15) is 8.78 Å². The third-order valence-corrected chi connectivity index (χ3v) is 2.19. The van der Waals surface area contributed by atoms with Crippen molar-refractivity contribution in [2.24, 2.45) is 0 Å². The Kier molecular flexibility index (Phi) is 2.78. The van der Waals surface area contributed by atoms with Gasteiger partial charge in [-0.25, -0.2) is 13.8 Å². The molecule has 0 fully saturated rings. The lowest BCUT2D eigenvalue weighted by Gasteiger charge is -2.05. The number of hydrogen-bond donors (Lipinski definition) is 1. The van der Waals surface area contributed by atoms with E-state index in [-0.39, 0.29) is 10.2 Å². The Hall–Kier alpha value is -1.22. The van der Waals surface area contributed by atoms with E-state index in [1.165, 1.54) is 6.07 Å². The molecule has 0 radical (unpaired) electrons. The number of nitrogens with zero attached hydrogens (tertiary/aromatic N) is 2. The van der Waals surface area contributed by atoms with Gasteiger partial charge in [-0.1, -0.05) is 0 Å². The first-order valence-corrected chi connectivity index (χ1v) is 3.92. The van der Waals surface area contributed by atoms with Crippen LogP contribution in [0.5, 0.6) is 5.75 Å². The van der Waals surface area contributed by atoms with E-state index in [4.69, 9.17) is 10.4 Å². The maximum atomic E-state index is 12.3. The molecule has 1 N–H and O–H groups in total. The summed E-state index contributed by atoms with van der Waals surface area (Å²) in [5.41, 5.74) is -0.970. The van der Waals surface area contributed by atoms with E-state index >= 15 is 0 Å². The topological polar surface area (TPSA) is 56.9 Å². The van der Waals surface area contributed by atoms with Gasteiger partial charge >= 0.3 is 0 Å². The molecule has 68 valence electrons. The van der Waals surface area contributed by atoms with Crippen LogP contribution in [0.4, 0.5) is 8.78 Å². The second-order valence-corrected chi connectivity index (χ2v) is 2.93. The molecule has 1 aromatic rings. The van der Waals surface area contributed by atoms with Crippen LogP contribution in [-0.2, 0) is 0 Å². The molecule has 0 aliphatic carbocycles. The summed E-state index contributed by atoms with van der Waals surface area (Å²) in [7, 11) is 0. The first-order chi connectivity index (χ1) is 6.07. The van der Waals surface area contributed by atoms with Gasteiger partial charge in [0.25, 0.3) is 6.43 Å². The Morgan fingerprint density at radius 1 is 1.62 bits per heavy atom. The summed E-state index contributed by atoms with van der Waals surface area (Å²) in [6.45, 7) is 0. The molecule has 1 aromatic heterocycles. The van der Waals surface area contributed by atoms with E-state index in [1.807, 2.05) is 0 Å². The Labute approximate surface area is 80.8 Å². The van der Waals surface area contributed by atoms with E-state index in [1.54, 1.807) is 0 Å². The summed E-state index contributed by atoms with van der Waals surface area (Å²) in [6.07, 6.45) is -1.90. The molecule has 0 atom stereocenters. The molecule has 0 aliphatic rings. The van der Waals surface area contributed by atoms with E-state index in [0.717, 1.165) is 6.20 Å². The lowest BCUT2D eigenvalue weighted by Crippen LogP contribution is -1.95. The second kappa shape index (κ2) is 3.66. The number of nitriles is 1. The number of alkyl halides is 2. The van der Waals surface area contributed by atoms with E-state index in [2.05, 4.69) is 20.9 Å². The largest absolute Gasteiger partial charge is 0.505 e. The van der Waals surface area contributed by atoms with Crippen molar-refractivity contribution in [2.75, 3.05) is 0 Å². The van der Waals surface area contributed by atoms with Crippen LogP contribution in [0.2, 0.25) is 0 Å². The number of rotatable bonds is 1. The zero-order valence-electron chi connectivity index (χ0n) is 6.13. The van der Waals surface area contributed by atoms with Crippen molar-refractivity contribution in [1.29, 1.82) is 5.26 Å². The standard InChI is InChI=1S/C7H3BrF2N2O/c8-6-4(13)2-12-3(1-11)5(6)7(9)10/h2,7,13H. The van der Waals surface area contributed by atoms with Gasteiger partial charge in [-0.3, -0.25) is 0 Å². The van der Waals surface area contributed by atoms with Crippen LogP contribution in [0.1, 0.15) is 17.7 Å². The first-order valence-electron chi connectivity index (χ1n) is 3.13. The zero-order valence-corrected chi connectivity index (χ0v) is 7.72. The van der Waals surface area contributed by atoms with Gasteiger partial charge in [-0.2, -0.15) is 5.26 Å². The van der Waals surface area contributed by atoms with Crippen LogP contribution in [-0.4, -0.2) is 10.1 Å². The molecule has 0 spiro atoms. The molecule has 0 unspecified atom stereocenters. The minimum Gasteiger partial charge on any atom is -0.505 e. The molecule has 1 rings (SSSR count). The molecule has 0 aliphatic heterocycles. The quantitative estimate of drug-likeness (QED) is 0.830. The highest BCUT2D eigenvalue weighted by Gasteiger charge is 2.20. The average molecular weight is 249 g/mol. The van der Waals surface area contributed by atoms with Gasteiger partial charge in [0.15, 0.2) is 5.69 Å². The average Bonchev–Trinajstić information content (AvgIpc) is 2.08. The fourth-order valence-electron chi connectivity index (χ4n) is 0.782. The van der Waals surface area contributed by atoms with Crippen LogP contribution in [0, 0.1) is 11.3 Å². The molecule has 0 saturated heterocycles. The maximum absolute atomic E-state index is 12.3. The number of pyridine rings is 1. The normalized spacial score (nSPS) is 10.1. The Bertz CT molecular complexity index is 375. The summed E-state index contributed by atoms with van der Waals surface area (Å²) in [5.74, 6) is -0.408. The fourth-order valence-corrected chi connectivity index (χ4v) is 1.25. The molecule has 0 aromatic carbocycles. The van der Waals surface area contributed by atoms with Crippen molar-refractivity contribution >= 4 is 15.9 Å². The summed E-state index contributed by atoms with van der Waals surface area (Å²) < 4.78 is 24.5. The molecule has 13 heavy (non-hydrogen) atoms. The summed E-state index contributed by atoms with van der Waals surface area (Å²) in [5, 5.41) is 17.5. The van der Waals surface area contributed by atoms with Gasteiger partial charge in [-0.05, 0) is 15.9 Å². The lowest BCUT2D eigenvalue weighted by atomic mass is 10.2. The highest BCUT2D eigenvalue weighted by atomic mass is 79.9. The Morgan fingerprint density at radius 2 is 2.23 bits per heavy atom. The van der Waals surface area contributed by atoms with Crippen molar-refractivity contribution in [2.45, 2.75) is 6.43 Å². The minimum atomic E-state index is -2.84. The second-order valence-electron chi connectivity index (χ2n) is 2.13. The number of aromatic hydroxyl groups is 1. The smallest absolute Gasteiger partial charge is 0.267 e. The van der Waals surface area contributed by atoms with Crippen molar-refractivity contribution < 1.29 is 13.9 Å². The van der Waals surface area contributed by atoms with Crippen LogP contribution < -0.4 is 0 Å². The molecule has 0 bridgehead atoms. The first kappa shape index (κ1) is 9.86. The van der Waals surface area contributed by atoms with E-state index in [0.29, 0.717) is 0 Å². The third kappa shape index (κ3) is 1.75. The number of halogens is 3. The van der Waals surface area contributed by atoms with Crippen molar-refractivity contribution in [3.63, 3.8) is 0 Å². The van der Waals surface area contributed by atoms with Gasteiger partial charge in [-0.15, -0.1) is 0 Å². The van der Waals surface area contributed by atoms with Gasteiger partial charge in [0.05, 0.1) is 16.2 Å². The SMILES string of the molecule is N#Cc1ncc(O)c(Br)c1C(F)F. The van der Waals surface area contributed by atoms with Crippen LogP contribution in [0.25, 0.3) is 0 Å². The molecule has 3 nitrogen and oxygen atoms in total. The summed E-state index contributed by atoms with van der Waals surface area (Å²) in [6, 6.07) is 1.51. The molecular formula is C7H3BrF2N2O. The predicted molar refractivity (Wildman–Crippen MR) is 43.3 cm³/mol. The lowest BCUT2D eigenvalue weighted by molar-refractivity contribution is 0.149. The predicted octanol–water partition coefficient (Wildman–Crippen LogP) is 2.36. The van der Waals surface area contributed by atoms with Crippen LogP contribution in [0.3, 0.4) is 0 Å². The van der Waals surface area contributed by atoms with Crippen LogP contribution >= 0.6 is 15.9 Å². The minimum absolute atomic E-state index is 0.186. The summed E-state index contributed by atoms with van der Waals surface area (Å²) >= 11 is 2.75. The molecule has 0 saturated carbocycles. The zero-order chi connectivity index (χ0) is 10.0. The molecule has 1 heterocycles. The maximum Gasteiger partial charge on any atom is 0.267 e. The van der Waals surface area contributed by atoms with Gasteiger partial charge in [0.2, 0.25) is 0 Å². The van der Waals surface area contributed by atoms with E-state index < -0.39 is 17.7 Å². The summed E-state index contributed by atoms with van der Waals surface area (Å²) in [4.78, 5) is 3.36. The number of hydrogen-bond acceptors (Lipinski definition) is 3. The van der Waals surface area contributed by atoms with Crippen molar-refractivity contribution in [1.82, 2.24) is 4.98 Å². The van der Waals surface area contributed by atoms with Gasteiger partial charge in [0.1, 0.15) is 11.8 Å². The monoisotopic (exact) mass is 248 g/mol. The van der Waals surface area contributed by atoms with Crippen molar-refractivity contribution in [3.05, 3.63) is 21.9 Å². The number of aromatic nitrogens is 1. The highest BCUT2D eigenvalue weighted by molar-refractivity contribution is 9.10. The molecule has 0 amide bonds. The van der Waals surface area contributed by atoms with Crippen molar-refractivity contribution in [3.8, 4) is 11.8 Å². The molecular weight excluding hydrogens is 246 g/mol. The molecule has 6 heteroatoms. The highest BCUT2D eigenvalue weighted by Crippen LogP contribution is 2.34. The Balaban J connectivity index is 3.43. The Morgan fingerprint density at radius 3 is 2.69 bits per heavy atom. The van der Waals surface area contributed by atoms with Gasteiger partial charge < -0.3 is 5.11 Å².